The molecule has 0 bridgehead atoms. The molecule has 0 heterocycles. The van der Waals surface area contributed by atoms with Gasteiger partial charge in [-0.25, -0.2) is 0 Å². The van der Waals surface area contributed by atoms with Crippen LogP contribution in [-0.4, -0.2) is 4.83 Å². The smallest absolute Gasteiger partial charge is 0.0174 e. The molecular weight excluding hydrogens is 212 g/mol. The second-order valence-electron chi connectivity index (χ2n) is 4.58. The summed E-state index contributed by atoms with van der Waals surface area (Å²) >= 11 is 3.74. The molecular formula is C11H21Br. The highest BCUT2D eigenvalue weighted by molar-refractivity contribution is 9.09. The first-order valence-corrected chi connectivity index (χ1v) is 6.16. The largest absolute Gasteiger partial charge is 0.0888 e. The molecule has 0 aliphatic heterocycles. The predicted octanol–water partition coefficient (Wildman–Crippen LogP) is 4.38. The van der Waals surface area contributed by atoms with Crippen LogP contribution in [-0.2, 0) is 0 Å². The average Bonchev–Trinajstić information content (AvgIpc) is 2.69. The van der Waals surface area contributed by atoms with Crippen LogP contribution >= 0.6 is 15.9 Å². The van der Waals surface area contributed by atoms with Crippen LogP contribution in [0, 0.1) is 11.3 Å². The minimum Gasteiger partial charge on any atom is -0.0888 e. The number of hydrogen-bond acceptors (Lipinski definition) is 0. The van der Waals surface area contributed by atoms with E-state index in [2.05, 4.69) is 36.7 Å². The maximum atomic E-state index is 3.74. The summed E-state index contributed by atoms with van der Waals surface area (Å²) < 4.78 is 0. The Morgan fingerprint density at radius 1 is 1.33 bits per heavy atom. The van der Waals surface area contributed by atoms with Crippen LogP contribution < -0.4 is 0 Å². The molecule has 1 rings (SSSR count). The lowest BCUT2D eigenvalue weighted by atomic mass is 9.88. The van der Waals surface area contributed by atoms with Gasteiger partial charge in [0.05, 0.1) is 0 Å². The van der Waals surface area contributed by atoms with Gasteiger partial charge in [0.2, 0.25) is 0 Å². The number of hydrogen-bond donors (Lipinski definition) is 0. The molecule has 0 aromatic carbocycles. The van der Waals surface area contributed by atoms with Gasteiger partial charge in [-0.15, -0.1) is 0 Å². The van der Waals surface area contributed by atoms with Gasteiger partial charge in [-0.05, 0) is 30.6 Å². The molecule has 1 aliphatic rings. The molecule has 2 atom stereocenters. The van der Waals surface area contributed by atoms with Crippen molar-refractivity contribution in [2.45, 2.75) is 57.7 Å². The molecule has 0 nitrogen and oxygen atoms in total. The van der Waals surface area contributed by atoms with Gasteiger partial charge < -0.3 is 0 Å². The summed E-state index contributed by atoms with van der Waals surface area (Å²) in [6.45, 7) is 7.00. The van der Waals surface area contributed by atoms with Crippen LogP contribution in [0.3, 0.4) is 0 Å². The van der Waals surface area contributed by atoms with Gasteiger partial charge in [0, 0.05) is 4.83 Å². The lowest BCUT2D eigenvalue weighted by Crippen LogP contribution is -2.15. The fourth-order valence-corrected chi connectivity index (χ4v) is 2.86. The monoisotopic (exact) mass is 232 g/mol. The van der Waals surface area contributed by atoms with E-state index < -0.39 is 0 Å². The molecule has 2 unspecified atom stereocenters. The molecule has 0 aromatic rings. The molecule has 0 aromatic heterocycles. The minimum absolute atomic E-state index is 0.689. The zero-order valence-electron chi connectivity index (χ0n) is 8.57. The van der Waals surface area contributed by atoms with Crippen molar-refractivity contribution in [1.82, 2.24) is 0 Å². The fraction of sp³-hybridized carbons (Fsp3) is 1.00. The Hall–Kier alpha value is 0.480. The predicted molar refractivity (Wildman–Crippen MR) is 58.7 cm³/mol. The van der Waals surface area contributed by atoms with Crippen molar-refractivity contribution in [2.24, 2.45) is 11.3 Å². The second kappa shape index (κ2) is 4.13. The highest BCUT2D eigenvalue weighted by Crippen LogP contribution is 2.56. The molecule has 0 saturated heterocycles. The highest BCUT2D eigenvalue weighted by atomic mass is 79.9. The van der Waals surface area contributed by atoms with E-state index in [4.69, 9.17) is 0 Å². The standard InChI is InChI=1S/C11H21Br/c1-4-5-9(2)8-11(6-7-11)10(3)12/h9-10H,4-8H2,1-3H3. The van der Waals surface area contributed by atoms with Crippen molar-refractivity contribution < 1.29 is 0 Å². The maximum Gasteiger partial charge on any atom is 0.0174 e. The average molecular weight is 233 g/mol. The van der Waals surface area contributed by atoms with Gasteiger partial charge in [-0.2, -0.15) is 0 Å². The topological polar surface area (TPSA) is 0 Å². The number of rotatable bonds is 5. The fourth-order valence-electron chi connectivity index (χ4n) is 2.21. The van der Waals surface area contributed by atoms with Crippen LogP contribution in [0.5, 0.6) is 0 Å². The van der Waals surface area contributed by atoms with E-state index in [-0.39, 0.29) is 0 Å². The van der Waals surface area contributed by atoms with Crippen molar-refractivity contribution in [3.05, 3.63) is 0 Å². The first kappa shape index (κ1) is 10.6. The lowest BCUT2D eigenvalue weighted by molar-refractivity contribution is 0.353. The molecule has 0 N–H and O–H groups in total. The van der Waals surface area contributed by atoms with E-state index >= 15 is 0 Å². The third kappa shape index (κ3) is 2.48. The van der Waals surface area contributed by atoms with Crippen LogP contribution in [0.1, 0.15) is 52.9 Å². The van der Waals surface area contributed by atoms with Gasteiger partial charge in [-0.3, -0.25) is 0 Å². The Labute approximate surface area is 85.3 Å². The molecule has 1 fully saturated rings. The van der Waals surface area contributed by atoms with Gasteiger partial charge in [0.1, 0.15) is 0 Å². The molecule has 1 saturated carbocycles. The van der Waals surface area contributed by atoms with Crippen molar-refractivity contribution in [3.63, 3.8) is 0 Å². The minimum atomic E-state index is 0.689. The Bertz CT molecular complexity index is 136. The Kier molecular flexibility index (Phi) is 3.63. The van der Waals surface area contributed by atoms with Gasteiger partial charge in [-0.1, -0.05) is 49.5 Å². The lowest BCUT2D eigenvalue weighted by Gasteiger charge is -2.22. The quantitative estimate of drug-likeness (QED) is 0.618. The first-order valence-electron chi connectivity index (χ1n) is 5.25. The van der Waals surface area contributed by atoms with Crippen molar-refractivity contribution in [2.75, 3.05) is 0 Å². The maximum absolute atomic E-state index is 3.74. The van der Waals surface area contributed by atoms with Gasteiger partial charge >= 0.3 is 0 Å². The molecule has 1 heteroatoms. The van der Waals surface area contributed by atoms with Crippen molar-refractivity contribution in [1.29, 1.82) is 0 Å². The van der Waals surface area contributed by atoms with Crippen LogP contribution in [0.2, 0.25) is 0 Å². The molecule has 0 spiro atoms. The summed E-state index contributed by atoms with van der Waals surface area (Å²) in [6.07, 6.45) is 7.09. The van der Waals surface area contributed by atoms with Crippen LogP contribution in [0.15, 0.2) is 0 Å². The number of alkyl halides is 1. The normalized spacial score (nSPS) is 25.0. The Morgan fingerprint density at radius 2 is 1.92 bits per heavy atom. The van der Waals surface area contributed by atoms with E-state index in [0.717, 1.165) is 10.7 Å². The number of halogens is 1. The van der Waals surface area contributed by atoms with E-state index in [1.54, 1.807) is 0 Å². The zero-order chi connectivity index (χ0) is 9.19. The third-order valence-corrected chi connectivity index (χ3v) is 4.24. The molecule has 0 radical (unpaired) electrons. The Morgan fingerprint density at radius 3 is 2.25 bits per heavy atom. The third-order valence-electron chi connectivity index (χ3n) is 3.27. The molecule has 0 amide bonds. The Balaban J connectivity index is 2.30. The highest BCUT2D eigenvalue weighted by Gasteiger charge is 2.46. The molecule has 12 heavy (non-hydrogen) atoms. The van der Waals surface area contributed by atoms with E-state index in [1.807, 2.05) is 0 Å². The summed E-state index contributed by atoms with van der Waals surface area (Å²) in [5, 5.41) is 0. The van der Waals surface area contributed by atoms with E-state index in [0.29, 0.717) is 5.41 Å². The van der Waals surface area contributed by atoms with Crippen LogP contribution in [0.25, 0.3) is 0 Å². The van der Waals surface area contributed by atoms with Gasteiger partial charge in [0.25, 0.3) is 0 Å². The van der Waals surface area contributed by atoms with Gasteiger partial charge in [0.15, 0.2) is 0 Å². The van der Waals surface area contributed by atoms with E-state index in [9.17, 15) is 0 Å². The molecule has 72 valence electrons. The van der Waals surface area contributed by atoms with E-state index in [1.165, 1.54) is 32.1 Å². The van der Waals surface area contributed by atoms with Crippen LogP contribution in [0.4, 0.5) is 0 Å². The summed E-state index contributed by atoms with van der Waals surface area (Å²) in [7, 11) is 0. The summed E-state index contributed by atoms with van der Waals surface area (Å²) in [4.78, 5) is 0.726. The summed E-state index contributed by atoms with van der Waals surface area (Å²) in [6, 6.07) is 0. The van der Waals surface area contributed by atoms with Crippen molar-refractivity contribution in [3.8, 4) is 0 Å². The SMILES string of the molecule is CCCC(C)CC1(C(C)Br)CC1. The molecule has 1 aliphatic carbocycles. The first-order chi connectivity index (χ1) is 5.60. The summed E-state index contributed by atoms with van der Waals surface area (Å²) in [5.41, 5.74) is 0.689. The van der Waals surface area contributed by atoms with Crippen molar-refractivity contribution >= 4 is 15.9 Å². The zero-order valence-corrected chi connectivity index (χ0v) is 10.2. The summed E-state index contributed by atoms with van der Waals surface area (Å²) in [5.74, 6) is 0.928. The second-order valence-corrected chi connectivity index (χ2v) is 5.95.